The summed E-state index contributed by atoms with van der Waals surface area (Å²) in [6.07, 6.45) is 3.22. The first kappa shape index (κ1) is 12.6. The van der Waals surface area contributed by atoms with Crippen molar-refractivity contribution in [2.75, 3.05) is 4.72 Å². The summed E-state index contributed by atoms with van der Waals surface area (Å²) in [4.78, 5) is 4.29. The molecule has 3 rings (SSSR count). The van der Waals surface area contributed by atoms with E-state index < -0.39 is 10.0 Å². The first-order valence-electron chi connectivity index (χ1n) is 6.07. The predicted octanol–water partition coefficient (Wildman–Crippen LogP) is 3.04. The molecule has 0 saturated carbocycles. The molecule has 0 radical (unpaired) electrons. The third kappa shape index (κ3) is 2.35. The number of anilines is 1. The number of hydrogen-bond acceptors (Lipinski definition) is 3. The average molecular weight is 284 g/mol. The summed E-state index contributed by atoms with van der Waals surface area (Å²) >= 11 is 0. The van der Waals surface area contributed by atoms with Crippen molar-refractivity contribution in [2.45, 2.75) is 4.90 Å². The highest BCUT2D eigenvalue weighted by Gasteiger charge is 2.14. The monoisotopic (exact) mass is 284 g/mol. The number of nitrogens with zero attached hydrogens (tertiary/aromatic N) is 1. The molecule has 1 N–H and O–H groups in total. The molecule has 0 amide bonds. The Labute approximate surface area is 117 Å². The van der Waals surface area contributed by atoms with Crippen molar-refractivity contribution in [3.05, 3.63) is 67.0 Å². The number of pyridine rings is 1. The van der Waals surface area contributed by atoms with E-state index in [1.54, 1.807) is 36.5 Å². The zero-order valence-corrected chi connectivity index (χ0v) is 11.3. The van der Waals surface area contributed by atoms with Crippen LogP contribution in [0.3, 0.4) is 0 Å². The van der Waals surface area contributed by atoms with Crippen molar-refractivity contribution in [3.63, 3.8) is 0 Å². The molecule has 0 spiro atoms. The van der Waals surface area contributed by atoms with Crippen molar-refractivity contribution >= 4 is 26.5 Å². The van der Waals surface area contributed by atoms with Crippen LogP contribution >= 0.6 is 0 Å². The van der Waals surface area contributed by atoms with Crippen LogP contribution in [-0.2, 0) is 10.0 Å². The lowest BCUT2D eigenvalue weighted by atomic mass is 10.1. The molecule has 0 atom stereocenters. The van der Waals surface area contributed by atoms with Crippen molar-refractivity contribution in [2.24, 2.45) is 0 Å². The molecule has 0 saturated heterocycles. The number of nitrogens with one attached hydrogen (secondary N) is 1. The first-order valence-corrected chi connectivity index (χ1v) is 7.56. The second kappa shape index (κ2) is 4.94. The second-order valence-electron chi connectivity index (χ2n) is 4.33. The third-order valence-corrected chi connectivity index (χ3v) is 4.35. The van der Waals surface area contributed by atoms with Crippen LogP contribution in [0.25, 0.3) is 10.8 Å². The zero-order valence-electron chi connectivity index (χ0n) is 10.5. The molecule has 2 aromatic carbocycles. The smallest absolute Gasteiger partial charge is 0.261 e. The van der Waals surface area contributed by atoms with E-state index in [2.05, 4.69) is 9.71 Å². The van der Waals surface area contributed by atoms with E-state index in [4.69, 9.17) is 0 Å². The van der Waals surface area contributed by atoms with Crippen LogP contribution in [0, 0.1) is 0 Å². The molecule has 0 fully saturated rings. The Morgan fingerprint density at radius 1 is 0.850 bits per heavy atom. The molecule has 3 aromatic rings. The summed E-state index contributed by atoms with van der Waals surface area (Å²) in [5.74, 6) is 0. The van der Waals surface area contributed by atoms with Crippen molar-refractivity contribution in [3.8, 4) is 0 Å². The molecule has 1 aromatic heterocycles. The van der Waals surface area contributed by atoms with Crippen LogP contribution < -0.4 is 4.72 Å². The number of hydrogen-bond donors (Lipinski definition) is 1. The maximum atomic E-state index is 12.3. The van der Waals surface area contributed by atoms with Gasteiger partial charge in [0.15, 0.2) is 0 Å². The van der Waals surface area contributed by atoms with Crippen molar-refractivity contribution < 1.29 is 8.42 Å². The number of rotatable bonds is 3. The second-order valence-corrected chi connectivity index (χ2v) is 6.01. The van der Waals surface area contributed by atoms with Gasteiger partial charge in [-0.3, -0.25) is 9.71 Å². The van der Waals surface area contributed by atoms with Gasteiger partial charge in [0.05, 0.1) is 16.8 Å². The van der Waals surface area contributed by atoms with Gasteiger partial charge in [-0.25, -0.2) is 8.42 Å². The number of fused-ring (bicyclic) bond motifs is 1. The van der Waals surface area contributed by atoms with Crippen LogP contribution in [0.4, 0.5) is 5.69 Å². The summed E-state index contributed by atoms with van der Waals surface area (Å²) in [7, 11) is -3.59. The van der Waals surface area contributed by atoms with E-state index in [1.807, 2.05) is 24.3 Å². The maximum Gasteiger partial charge on any atom is 0.261 e. The fourth-order valence-corrected chi connectivity index (χ4v) is 3.09. The van der Waals surface area contributed by atoms with Crippen LogP contribution in [-0.4, -0.2) is 13.4 Å². The topological polar surface area (TPSA) is 59.1 Å². The molecule has 5 heteroatoms. The summed E-state index contributed by atoms with van der Waals surface area (Å²) in [6.45, 7) is 0. The molecule has 100 valence electrons. The molecule has 20 heavy (non-hydrogen) atoms. The lowest BCUT2D eigenvalue weighted by Crippen LogP contribution is -2.13. The number of benzene rings is 2. The van der Waals surface area contributed by atoms with E-state index in [1.165, 1.54) is 6.20 Å². The molecule has 0 aliphatic rings. The van der Waals surface area contributed by atoms with Crippen molar-refractivity contribution in [1.29, 1.82) is 0 Å². The zero-order chi connectivity index (χ0) is 14.0. The molecule has 4 nitrogen and oxygen atoms in total. The molecule has 0 unspecified atom stereocenters. The van der Waals surface area contributed by atoms with Crippen LogP contribution in [0.1, 0.15) is 0 Å². The fourth-order valence-electron chi connectivity index (χ4n) is 2.00. The maximum absolute atomic E-state index is 12.3. The standard InChI is InChI=1S/C15H12N2O2S/c18-20(19,13-7-2-1-3-8-13)17-15-11-16-10-12-6-4-5-9-14(12)15/h1-11,17H. The Bertz CT molecular complexity index is 841. The van der Waals surface area contributed by atoms with Gasteiger partial charge in [0, 0.05) is 17.0 Å². The summed E-state index contributed by atoms with van der Waals surface area (Å²) < 4.78 is 27.2. The van der Waals surface area contributed by atoms with E-state index in [-0.39, 0.29) is 4.90 Å². The largest absolute Gasteiger partial charge is 0.277 e. The van der Waals surface area contributed by atoms with E-state index in [9.17, 15) is 8.42 Å². The molecule has 1 heterocycles. The van der Waals surface area contributed by atoms with E-state index in [0.29, 0.717) is 5.69 Å². The summed E-state index contributed by atoms with van der Waals surface area (Å²) in [5, 5.41) is 1.71. The molecular formula is C15H12N2O2S. The highest BCUT2D eigenvalue weighted by atomic mass is 32.2. The van der Waals surface area contributed by atoms with Gasteiger partial charge < -0.3 is 0 Å². The quantitative estimate of drug-likeness (QED) is 0.804. The normalized spacial score (nSPS) is 11.4. The van der Waals surface area contributed by atoms with Gasteiger partial charge >= 0.3 is 0 Å². The van der Waals surface area contributed by atoms with Gasteiger partial charge in [0.2, 0.25) is 0 Å². The number of sulfonamides is 1. The highest BCUT2D eigenvalue weighted by Crippen LogP contribution is 2.24. The van der Waals surface area contributed by atoms with Gasteiger partial charge in [0.1, 0.15) is 0 Å². The minimum Gasteiger partial charge on any atom is -0.277 e. The van der Waals surface area contributed by atoms with Crippen LogP contribution in [0.5, 0.6) is 0 Å². The fraction of sp³-hybridized carbons (Fsp3) is 0. The third-order valence-electron chi connectivity index (χ3n) is 2.97. The minimum absolute atomic E-state index is 0.230. The average Bonchev–Trinajstić information content (AvgIpc) is 2.48. The Hall–Kier alpha value is -2.40. The first-order chi connectivity index (χ1) is 9.67. The lowest BCUT2D eigenvalue weighted by Gasteiger charge is -2.10. The summed E-state index contributed by atoms with van der Waals surface area (Å²) in [6, 6.07) is 15.8. The van der Waals surface area contributed by atoms with Gasteiger partial charge in [-0.15, -0.1) is 0 Å². The predicted molar refractivity (Wildman–Crippen MR) is 79.0 cm³/mol. The Morgan fingerprint density at radius 2 is 1.55 bits per heavy atom. The molecule has 0 aliphatic heterocycles. The van der Waals surface area contributed by atoms with Gasteiger partial charge in [-0.2, -0.15) is 0 Å². The SMILES string of the molecule is O=S(=O)(Nc1cncc2ccccc12)c1ccccc1. The minimum atomic E-state index is -3.59. The Morgan fingerprint density at radius 3 is 2.35 bits per heavy atom. The van der Waals surface area contributed by atoms with Crippen molar-refractivity contribution in [1.82, 2.24) is 4.98 Å². The van der Waals surface area contributed by atoms with E-state index in [0.717, 1.165) is 10.8 Å². The van der Waals surface area contributed by atoms with Gasteiger partial charge in [-0.05, 0) is 12.1 Å². The van der Waals surface area contributed by atoms with Crippen LogP contribution in [0.15, 0.2) is 71.9 Å². The van der Waals surface area contributed by atoms with Gasteiger partial charge in [0.25, 0.3) is 10.0 Å². The highest BCUT2D eigenvalue weighted by molar-refractivity contribution is 7.92. The number of aromatic nitrogens is 1. The molecule has 0 aliphatic carbocycles. The van der Waals surface area contributed by atoms with E-state index >= 15 is 0 Å². The lowest BCUT2D eigenvalue weighted by molar-refractivity contribution is 0.601. The Kier molecular flexibility index (Phi) is 3.12. The molecule has 0 bridgehead atoms. The summed E-state index contributed by atoms with van der Waals surface area (Å²) in [5.41, 5.74) is 0.479. The Balaban J connectivity index is 2.06. The molecular weight excluding hydrogens is 272 g/mol. The van der Waals surface area contributed by atoms with Gasteiger partial charge in [-0.1, -0.05) is 42.5 Å². The van der Waals surface area contributed by atoms with Crippen LogP contribution in [0.2, 0.25) is 0 Å².